The average Bonchev–Trinajstić information content (AvgIpc) is 3.09. The molecule has 0 saturated heterocycles. The van der Waals surface area contributed by atoms with E-state index in [4.69, 9.17) is 5.53 Å². The van der Waals surface area contributed by atoms with Gasteiger partial charge in [-0.15, -0.1) is 11.3 Å². The maximum Gasteiger partial charge on any atom is 0.123 e. The number of halogens is 1. The highest BCUT2D eigenvalue weighted by molar-refractivity contribution is 7.09. The maximum atomic E-state index is 13.1. The number of hydrogen-bond donors (Lipinski definition) is 0. The van der Waals surface area contributed by atoms with Crippen LogP contribution in [-0.4, -0.2) is 11.0 Å². The Morgan fingerprint density at radius 2 is 2.10 bits per heavy atom. The monoisotopic (exact) mass is 288 g/mol. The zero-order chi connectivity index (χ0) is 13.9. The van der Waals surface area contributed by atoms with Crippen LogP contribution in [0.5, 0.6) is 0 Å². The van der Waals surface area contributed by atoms with Gasteiger partial charge in [-0.05, 0) is 36.1 Å². The predicted molar refractivity (Wildman–Crippen MR) is 76.2 cm³/mol. The van der Waals surface area contributed by atoms with Crippen LogP contribution in [0.4, 0.5) is 4.39 Å². The Bertz CT molecular complexity index is 619. The van der Waals surface area contributed by atoms with Gasteiger partial charge in [0.05, 0.1) is 5.01 Å². The smallest absolute Gasteiger partial charge is 0.123 e. The zero-order valence-corrected chi connectivity index (χ0v) is 11.5. The van der Waals surface area contributed by atoms with E-state index in [9.17, 15) is 4.39 Å². The van der Waals surface area contributed by atoms with Crippen molar-refractivity contribution in [2.45, 2.75) is 30.7 Å². The molecule has 102 valence electrons. The van der Waals surface area contributed by atoms with Crippen molar-refractivity contribution in [2.24, 2.45) is 5.11 Å². The van der Waals surface area contributed by atoms with Gasteiger partial charge in [-0.3, -0.25) is 0 Å². The molecule has 6 heteroatoms. The summed E-state index contributed by atoms with van der Waals surface area (Å²) in [6.45, 7) is 0. The van der Waals surface area contributed by atoms with E-state index >= 15 is 0 Å². The fourth-order valence-corrected chi connectivity index (χ4v) is 3.83. The Balaban J connectivity index is 1.99. The molecule has 1 aromatic heterocycles. The molecule has 0 amide bonds. The Morgan fingerprint density at radius 3 is 2.75 bits per heavy atom. The van der Waals surface area contributed by atoms with Crippen LogP contribution in [-0.2, 0) is 0 Å². The molecule has 1 heterocycles. The first-order valence-electron chi connectivity index (χ1n) is 6.48. The predicted octanol–water partition coefficient (Wildman–Crippen LogP) is 4.62. The lowest BCUT2D eigenvalue weighted by atomic mass is 9.87. The second-order valence-corrected chi connectivity index (χ2v) is 5.83. The fraction of sp³-hybridized carbons (Fsp3) is 0.357. The molecular weight excluding hydrogens is 275 g/mol. The summed E-state index contributed by atoms with van der Waals surface area (Å²) in [5, 5.41) is 6.95. The largest absolute Gasteiger partial charge is 0.249 e. The van der Waals surface area contributed by atoms with Gasteiger partial charge in [0.1, 0.15) is 5.82 Å². The zero-order valence-electron chi connectivity index (χ0n) is 10.7. The highest BCUT2D eigenvalue weighted by atomic mass is 32.1. The molecule has 0 N–H and O–H groups in total. The minimum atomic E-state index is -0.252. The lowest BCUT2D eigenvalue weighted by Gasteiger charge is -2.21. The highest BCUT2D eigenvalue weighted by Crippen LogP contribution is 2.48. The van der Waals surface area contributed by atoms with Gasteiger partial charge in [-0.25, -0.2) is 9.37 Å². The molecule has 1 aliphatic carbocycles. The lowest BCUT2D eigenvalue weighted by Crippen LogP contribution is -2.14. The Kier molecular flexibility index (Phi) is 3.67. The first-order valence-corrected chi connectivity index (χ1v) is 7.36. The Morgan fingerprint density at radius 1 is 1.30 bits per heavy atom. The third-order valence-electron chi connectivity index (χ3n) is 3.84. The third-order valence-corrected chi connectivity index (χ3v) is 4.75. The summed E-state index contributed by atoms with van der Waals surface area (Å²) < 4.78 is 13.1. The summed E-state index contributed by atoms with van der Waals surface area (Å²) >= 11 is 1.62. The van der Waals surface area contributed by atoms with Crippen molar-refractivity contribution in [2.75, 3.05) is 0 Å². The van der Waals surface area contributed by atoms with Crippen LogP contribution in [0.25, 0.3) is 10.4 Å². The molecule has 1 aliphatic rings. The van der Waals surface area contributed by atoms with E-state index in [1.54, 1.807) is 29.7 Å². The number of azide groups is 1. The van der Waals surface area contributed by atoms with Crippen LogP contribution in [0.1, 0.15) is 35.2 Å². The Labute approximate surface area is 119 Å². The van der Waals surface area contributed by atoms with E-state index in [-0.39, 0.29) is 23.7 Å². The molecule has 0 aliphatic heterocycles. The van der Waals surface area contributed by atoms with Gasteiger partial charge in [-0.2, -0.15) is 0 Å². The number of nitrogens with zero attached hydrogens (tertiary/aromatic N) is 4. The molecule has 4 nitrogen and oxygen atoms in total. The standard InChI is InChI=1S/C14H13FN4S/c15-10-3-1-9(2-4-10)13-11(14-17-7-8-20-14)5-6-12(13)18-19-16/h1-4,7-8,11-13H,5-6H2/t11-,12-,13+/m1/s1. The van der Waals surface area contributed by atoms with E-state index < -0.39 is 0 Å². The summed E-state index contributed by atoms with van der Waals surface area (Å²) in [4.78, 5) is 7.36. The van der Waals surface area contributed by atoms with Crippen molar-refractivity contribution in [1.82, 2.24) is 4.98 Å². The lowest BCUT2D eigenvalue weighted by molar-refractivity contribution is 0.559. The van der Waals surface area contributed by atoms with Crippen LogP contribution in [0.2, 0.25) is 0 Å². The molecule has 3 rings (SSSR count). The molecule has 1 saturated carbocycles. The molecule has 0 bridgehead atoms. The molecule has 2 aromatic rings. The third kappa shape index (κ3) is 2.40. The summed E-state index contributed by atoms with van der Waals surface area (Å²) in [6, 6.07) is 6.40. The first kappa shape index (κ1) is 13.1. The number of aromatic nitrogens is 1. The van der Waals surface area contributed by atoms with Gasteiger partial charge in [-0.1, -0.05) is 17.2 Å². The first-order chi connectivity index (χ1) is 9.79. The number of benzene rings is 1. The Hall–Kier alpha value is -1.91. The molecule has 0 unspecified atom stereocenters. The molecule has 20 heavy (non-hydrogen) atoms. The van der Waals surface area contributed by atoms with Crippen molar-refractivity contribution in [3.8, 4) is 0 Å². The van der Waals surface area contributed by atoms with Crippen LogP contribution < -0.4 is 0 Å². The molecule has 1 fully saturated rings. The molecule has 0 spiro atoms. The SMILES string of the molecule is [N-]=[N+]=N[C@@H]1CC[C@@H](c2nccs2)[C@@H]1c1ccc(F)cc1. The molecule has 3 atom stereocenters. The van der Waals surface area contributed by atoms with Gasteiger partial charge in [0.2, 0.25) is 0 Å². The van der Waals surface area contributed by atoms with Gasteiger partial charge in [0.25, 0.3) is 0 Å². The van der Waals surface area contributed by atoms with Gasteiger partial charge >= 0.3 is 0 Å². The van der Waals surface area contributed by atoms with Crippen molar-refractivity contribution < 1.29 is 4.39 Å². The second kappa shape index (κ2) is 5.61. The second-order valence-electron chi connectivity index (χ2n) is 4.90. The number of thiazole rings is 1. The van der Waals surface area contributed by atoms with E-state index in [1.807, 2.05) is 5.38 Å². The van der Waals surface area contributed by atoms with Crippen molar-refractivity contribution in [3.05, 3.63) is 62.7 Å². The number of rotatable bonds is 3. The maximum absolute atomic E-state index is 13.1. The fourth-order valence-electron chi connectivity index (χ4n) is 3.01. The topological polar surface area (TPSA) is 61.7 Å². The molecule has 0 radical (unpaired) electrons. The van der Waals surface area contributed by atoms with Crippen molar-refractivity contribution in [1.29, 1.82) is 0 Å². The van der Waals surface area contributed by atoms with Crippen molar-refractivity contribution >= 4 is 11.3 Å². The summed E-state index contributed by atoms with van der Waals surface area (Å²) in [7, 11) is 0. The summed E-state index contributed by atoms with van der Waals surface area (Å²) in [5.41, 5.74) is 9.75. The van der Waals surface area contributed by atoms with Gasteiger partial charge < -0.3 is 0 Å². The van der Waals surface area contributed by atoms with E-state index in [2.05, 4.69) is 15.0 Å². The molecule has 1 aromatic carbocycles. The van der Waals surface area contributed by atoms with Gasteiger partial charge in [0.15, 0.2) is 0 Å². The van der Waals surface area contributed by atoms with Gasteiger partial charge in [0, 0.05) is 34.4 Å². The summed E-state index contributed by atoms with van der Waals surface area (Å²) in [5.74, 6) is 0.0755. The van der Waals surface area contributed by atoms with E-state index in [1.165, 1.54) is 12.1 Å². The van der Waals surface area contributed by atoms with Crippen molar-refractivity contribution in [3.63, 3.8) is 0 Å². The van der Waals surface area contributed by atoms with E-state index in [0.29, 0.717) is 0 Å². The minimum Gasteiger partial charge on any atom is -0.249 e. The quantitative estimate of drug-likeness (QED) is 0.461. The van der Waals surface area contributed by atoms with Crippen LogP contribution >= 0.6 is 11.3 Å². The van der Waals surface area contributed by atoms with Crippen LogP contribution in [0.3, 0.4) is 0 Å². The normalized spacial score (nSPS) is 25.4. The average molecular weight is 288 g/mol. The molecular formula is C14H13FN4S. The minimum absolute atomic E-state index is 0.0812. The number of hydrogen-bond acceptors (Lipinski definition) is 3. The van der Waals surface area contributed by atoms with Crippen LogP contribution in [0, 0.1) is 5.82 Å². The summed E-state index contributed by atoms with van der Waals surface area (Å²) in [6.07, 6.45) is 3.58. The van der Waals surface area contributed by atoms with E-state index in [0.717, 1.165) is 23.4 Å². The van der Waals surface area contributed by atoms with Crippen LogP contribution in [0.15, 0.2) is 41.0 Å². The highest BCUT2D eigenvalue weighted by Gasteiger charge is 2.38.